The lowest BCUT2D eigenvalue weighted by molar-refractivity contribution is 0.598. The summed E-state index contributed by atoms with van der Waals surface area (Å²) < 4.78 is 14.2. The number of halogens is 1. The topological polar surface area (TPSA) is 46.4 Å². The van der Waals surface area contributed by atoms with Crippen LogP contribution in [0.2, 0.25) is 0 Å². The van der Waals surface area contributed by atoms with Gasteiger partial charge in [0.05, 0.1) is 28.1 Å². The minimum atomic E-state index is -0.187. The average molecular weight is 401 g/mol. The zero-order chi connectivity index (χ0) is 20.5. The highest BCUT2D eigenvalue weighted by Gasteiger charge is 2.24. The van der Waals surface area contributed by atoms with Crippen LogP contribution in [0.25, 0.3) is 10.9 Å². The fourth-order valence-electron chi connectivity index (χ4n) is 4.71. The van der Waals surface area contributed by atoms with Crippen molar-refractivity contribution in [2.24, 2.45) is 0 Å². The number of pyridine rings is 1. The Morgan fingerprint density at radius 1 is 0.800 bits per heavy atom. The van der Waals surface area contributed by atoms with Gasteiger partial charge in [0, 0.05) is 50.9 Å². The molecule has 2 saturated heterocycles. The fourth-order valence-corrected chi connectivity index (χ4v) is 4.71. The Kier molecular flexibility index (Phi) is 4.88. The second-order valence-electron chi connectivity index (χ2n) is 7.93. The molecule has 2 aliphatic heterocycles. The van der Waals surface area contributed by atoms with Crippen LogP contribution in [0, 0.1) is 17.1 Å². The lowest BCUT2D eigenvalue weighted by Crippen LogP contribution is -2.47. The van der Waals surface area contributed by atoms with Crippen LogP contribution in [0.15, 0.2) is 48.7 Å². The van der Waals surface area contributed by atoms with E-state index in [2.05, 4.69) is 44.0 Å². The van der Waals surface area contributed by atoms with Gasteiger partial charge in [-0.15, -0.1) is 0 Å². The first-order valence-electron chi connectivity index (χ1n) is 10.6. The maximum atomic E-state index is 14.2. The molecule has 0 radical (unpaired) electrons. The number of benzene rings is 2. The zero-order valence-electron chi connectivity index (χ0n) is 16.9. The van der Waals surface area contributed by atoms with Crippen molar-refractivity contribution in [3.05, 3.63) is 60.0 Å². The molecule has 2 fully saturated rings. The quantitative estimate of drug-likeness (QED) is 0.659. The van der Waals surface area contributed by atoms with Gasteiger partial charge in [0.15, 0.2) is 0 Å². The zero-order valence-corrected chi connectivity index (χ0v) is 16.9. The van der Waals surface area contributed by atoms with Crippen molar-refractivity contribution < 1.29 is 4.39 Å². The summed E-state index contributed by atoms with van der Waals surface area (Å²) >= 11 is 0. The summed E-state index contributed by atoms with van der Waals surface area (Å²) in [7, 11) is 0. The predicted molar refractivity (Wildman–Crippen MR) is 119 cm³/mol. The number of rotatable bonds is 3. The van der Waals surface area contributed by atoms with E-state index in [1.165, 1.54) is 18.9 Å². The summed E-state index contributed by atoms with van der Waals surface area (Å²) in [6.45, 7) is 4.99. The van der Waals surface area contributed by atoms with E-state index in [1.807, 2.05) is 12.1 Å². The Balaban J connectivity index is 1.49. The van der Waals surface area contributed by atoms with Crippen LogP contribution in [0.5, 0.6) is 0 Å². The molecule has 5 nitrogen and oxygen atoms in total. The molecule has 0 saturated carbocycles. The molecule has 0 unspecified atom stereocenters. The first-order chi connectivity index (χ1) is 14.8. The number of anilines is 3. The largest absolute Gasteiger partial charge is 0.370 e. The molecule has 0 bridgehead atoms. The third kappa shape index (κ3) is 3.21. The van der Waals surface area contributed by atoms with Crippen molar-refractivity contribution in [2.45, 2.75) is 12.8 Å². The van der Waals surface area contributed by atoms with Crippen LogP contribution < -0.4 is 14.7 Å². The van der Waals surface area contributed by atoms with E-state index in [0.29, 0.717) is 24.3 Å². The number of aromatic nitrogens is 1. The van der Waals surface area contributed by atoms with Gasteiger partial charge in [-0.05, 0) is 31.0 Å². The molecule has 3 aromatic rings. The van der Waals surface area contributed by atoms with Gasteiger partial charge in [-0.1, -0.05) is 24.3 Å². The van der Waals surface area contributed by atoms with Gasteiger partial charge < -0.3 is 14.7 Å². The van der Waals surface area contributed by atoms with Crippen LogP contribution in [0.3, 0.4) is 0 Å². The summed E-state index contributed by atoms with van der Waals surface area (Å²) in [4.78, 5) is 11.4. The molecule has 152 valence electrons. The average Bonchev–Trinajstić information content (AvgIpc) is 3.33. The van der Waals surface area contributed by atoms with Crippen molar-refractivity contribution in [3.63, 3.8) is 0 Å². The Morgan fingerprint density at radius 3 is 2.20 bits per heavy atom. The number of piperazine rings is 1. The van der Waals surface area contributed by atoms with Crippen LogP contribution in [-0.4, -0.2) is 44.3 Å². The van der Waals surface area contributed by atoms with Gasteiger partial charge in [0.1, 0.15) is 11.9 Å². The first-order valence-corrected chi connectivity index (χ1v) is 10.6. The van der Waals surface area contributed by atoms with Gasteiger partial charge in [0.25, 0.3) is 0 Å². The lowest BCUT2D eigenvalue weighted by Gasteiger charge is -2.38. The Hall–Kier alpha value is -3.33. The molecule has 1 aromatic heterocycles. The van der Waals surface area contributed by atoms with Gasteiger partial charge >= 0.3 is 0 Å². The van der Waals surface area contributed by atoms with Crippen LogP contribution >= 0.6 is 0 Å². The van der Waals surface area contributed by atoms with E-state index in [0.717, 1.165) is 48.5 Å². The molecule has 5 rings (SSSR count). The summed E-state index contributed by atoms with van der Waals surface area (Å²) in [5.74, 6) is -0.187. The summed E-state index contributed by atoms with van der Waals surface area (Å²) in [5.41, 5.74) is 4.32. The Morgan fingerprint density at radius 2 is 1.47 bits per heavy atom. The second kappa shape index (κ2) is 7.83. The molecule has 0 aliphatic carbocycles. The Bertz CT molecular complexity index is 1110. The number of hydrogen-bond acceptors (Lipinski definition) is 5. The number of nitriles is 1. The van der Waals surface area contributed by atoms with Gasteiger partial charge in [-0.3, -0.25) is 4.98 Å². The van der Waals surface area contributed by atoms with Gasteiger partial charge in [-0.25, -0.2) is 4.39 Å². The van der Waals surface area contributed by atoms with E-state index in [-0.39, 0.29) is 5.82 Å². The first kappa shape index (κ1) is 18.7. The standard InChI is InChI=1S/C24H24FN5/c25-20-7-1-2-8-21(20)29-12-14-30(15-13-29)24-18(16-26)17-27-23-19(24)6-5-9-22(23)28-10-3-4-11-28/h1-2,5-9,17H,3-4,10-15H2. The predicted octanol–water partition coefficient (Wildman–Crippen LogP) is 4.17. The molecule has 2 aromatic carbocycles. The highest BCUT2D eigenvalue weighted by molar-refractivity contribution is 6.01. The van der Waals surface area contributed by atoms with Crippen molar-refractivity contribution in [3.8, 4) is 6.07 Å². The highest BCUT2D eigenvalue weighted by atomic mass is 19.1. The van der Waals surface area contributed by atoms with Crippen molar-refractivity contribution in [1.82, 2.24) is 4.98 Å². The number of para-hydroxylation sites is 2. The normalized spacial score (nSPS) is 16.9. The molecule has 0 atom stereocenters. The minimum Gasteiger partial charge on any atom is -0.370 e. The maximum Gasteiger partial charge on any atom is 0.146 e. The van der Waals surface area contributed by atoms with E-state index >= 15 is 0 Å². The van der Waals surface area contributed by atoms with Crippen molar-refractivity contribution in [2.75, 3.05) is 54.0 Å². The molecule has 0 N–H and O–H groups in total. The summed E-state index contributed by atoms with van der Waals surface area (Å²) in [6.07, 6.45) is 4.12. The number of hydrogen-bond donors (Lipinski definition) is 0. The summed E-state index contributed by atoms with van der Waals surface area (Å²) in [5, 5.41) is 10.8. The third-order valence-electron chi connectivity index (χ3n) is 6.20. The number of nitrogens with zero attached hydrogens (tertiary/aromatic N) is 5. The van der Waals surface area contributed by atoms with Crippen LogP contribution in [-0.2, 0) is 0 Å². The summed E-state index contributed by atoms with van der Waals surface area (Å²) in [6, 6.07) is 15.5. The van der Waals surface area contributed by atoms with E-state index in [9.17, 15) is 9.65 Å². The lowest BCUT2D eigenvalue weighted by atomic mass is 10.1. The molecular formula is C24H24FN5. The van der Waals surface area contributed by atoms with E-state index in [4.69, 9.17) is 0 Å². The SMILES string of the molecule is N#Cc1cnc2c(N3CCCC3)cccc2c1N1CCN(c2ccccc2F)CC1. The monoisotopic (exact) mass is 401 g/mol. The smallest absolute Gasteiger partial charge is 0.146 e. The maximum absolute atomic E-state index is 14.2. The molecular weight excluding hydrogens is 377 g/mol. The second-order valence-corrected chi connectivity index (χ2v) is 7.93. The number of fused-ring (bicyclic) bond motifs is 1. The molecule has 0 amide bonds. The van der Waals surface area contributed by atoms with Crippen molar-refractivity contribution in [1.29, 1.82) is 5.26 Å². The van der Waals surface area contributed by atoms with E-state index in [1.54, 1.807) is 12.3 Å². The molecule has 2 aliphatic rings. The van der Waals surface area contributed by atoms with Crippen molar-refractivity contribution >= 4 is 28.0 Å². The highest BCUT2D eigenvalue weighted by Crippen LogP contribution is 2.36. The molecule has 3 heterocycles. The Labute approximate surface area is 176 Å². The minimum absolute atomic E-state index is 0.187. The molecule has 30 heavy (non-hydrogen) atoms. The molecule has 0 spiro atoms. The fraction of sp³-hybridized carbons (Fsp3) is 0.333. The molecule has 6 heteroatoms. The van der Waals surface area contributed by atoms with Crippen LogP contribution in [0.1, 0.15) is 18.4 Å². The van der Waals surface area contributed by atoms with Crippen LogP contribution in [0.4, 0.5) is 21.5 Å². The van der Waals surface area contributed by atoms with E-state index < -0.39 is 0 Å². The van der Waals surface area contributed by atoms with Gasteiger partial charge in [-0.2, -0.15) is 5.26 Å². The van der Waals surface area contributed by atoms with Gasteiger partial charge in [0.2, 0.25) is 0 Å². The third-order valence-corrected chi connectivity index (χ3v) is 6.20.